The average molecular weight is 446 g/mol. The zero-order valence-corrected chi connectivity index (χ0v) is 17.5. The van der Waals surface area contributed by atoms with Crippen LogP contribution in [0.2, 0.25) is 0 Å². The van der Waals surface area contributed by atoms with Gasteiger partial charge in [0.25, 0.3) is 0 Å². The summed E-state index contributed by atoms with van der Waals surface area (Å²) in [6.07, 6.45) is -2.23. The van der Waals surface area contributed by atoms with Crippen LogP contribution in [0.25, 0.3) is 0 Å². The predicted molar refractivity (Wildman–Crippen MR) is 115 cm³/mol. The van der Waals surface area contributed by atoms with Crippen LogP contribution in [-0.2, 0) is 28.7 Å². The van der Waals surface area contributed by atoms with Gasteiger partial charge < -0.3 is 16.0 Å². The smallest absolute Gasteiger partial charge is 0.370 e. The lowest BCUT2D eigenvalue weighted by Crippen LogP contribution is -2.50. The number of fused-ring (bicyclic) bond motifs is 1. The highest BCUT2D eigenvalue weighted by atomic mass is 19.4. The number of benzene rings is 2. The Labute approximate surface area is 184 Å². The molecule has 1 saturated heterocycles. The molecule has 2 aliphatic rings. The highest BCUT2D eigenvalue weighted by molar-refractivity contribution is 5.96. The van der Waals surface area contributed by atoms with Gasteiger partial charge in [-0.3, -0.25) is 14.5 Å². The number of primary amides is 1. The second-order valence-corrected chi connectivity index (χ2v) is 8.27. The molecule has 0 radical (unpaired) electrons. The molecule has 2 aromatic rings. The SMILES string of the molecule is NC(=O)C1Cc2ccccc2CN1CC(=O)Nc1cc(C(F)(F)F)ccc1N1CCCC1. The van der Waals surface area contributed by atoms with E-state index in [2.05, 4.69) is 5.32 Å². The first-order chi connectivity index (χ1) is 15.2. The van der Waals surface area contributed by atoms with E-state index < -0.39 is 29.6 Å². The summed E-state index contributed by atoms with van der Waals surface area (Å²) in [5, 5.41) is 2.66. The minimum atomic E-state index is -4.52. The first-order valence-corrected chi connectivity index (χ1v) is 10.6. The number of nitrogens with one attached hydrogen (secondary N) is 1. The van der Waals surface area contributed by atoms with E-state index in [1.165, 1.54) is 6.07 Å². The Hall–Kier alpha value is -3.07. The maximum atomic E-state index is 13.3. The summed E-state index contributed by atoms with van der Waals surface area (Å²) in [6.45, 7) is 1.65. The quantitative estimate of drug-likeness (QED) is 0.740. The Morgan fingerprint density at radius 1 is 1.06 bits per heavy atom. The van der Waals surface area contributed by atoms with E-state index in [1.807, 2.05) is 29.2 Å². The van der Waals surface area contributed by atoms with Crippen molar-refractivity contribution < 1.29 is 22.8 Å². The highest BCUT2D eigenvalue weighted by Crippen LogP contribution is 2.36. The number of rotatable bonds is 5. The van der Waals surface area contributed by atoms with Gasteiger partial charge in [-0.05, 0) is 48.6 Å². The first kappa shape index (κ1) is 22.1. The van der Waals surface area contributed by atoms with E-state index in [9.17, 15) is 22.8 Å². The third-order valence-electron chi connectivity index (χ3n) is 6.07. The summed E-state index contributed by atoms with van der Waals surface area (Å²) in [4.78, 5) is 28.5. The number of hydrogen-bond acceptors (Lipinski definition) is 4. The topological polar surface area (TPSA) is 78.7 Å². The molecule has 170 valence electrons. The van der Waals surface area contributed by atoms with Crippen LogP contribution in [0.3, 0.4) is 0 Å². The molecule has 2 heterocycles. The summed E-state index contributed by atoms with van der Waals surface area (Å²) in [5.74, 6) is -1.03. The van der Waals surface area contributed by atoms with Crippen LogP contribution in [0.15, 0.2) is 42.5 Å². The van der Waals surface area contributed by atoms with Crippen LogP contribution < -0.4 is 16.0 Å². The van der Waals surface area contributed by atoms with E-state index in [4.69, 9.17) is 5.73 Å². The Balaban J connectivity index is 1.56. The number of amides is 2. The number of hydrogen-bond donors (Lipinski definition) is 2. The molecule has 0 spiro atoms. The van der Waals surface area contributed by atoms with Crippen molar-refractivity contribution in [2.75, 3.05) is 29.9 Å². The summed E-state index contributed by atoms with van der Waals surface area (Å²) in [7, 11) is 0. The number of carbonyl (C=O) groups excluding carboxylic acids is 2. The summed E-state index contributed by atoms with van der Waals surface area (Å²) in [6, 6.07) is 10.4. The van der Waals surface area contributed by atoms with Crippen molar-refractivity contribution in [3.05, 3.63) is 59.2 Å². The number of anilines is 2. The lowest BCUT2D eigenvalue weighted by Gasteiger charge is -2.34. The summed E-state index contributed by atoms with van der Waals surface area (Å²) in [5.41, 5.74) is 7.44. The molecule has 3 N–H and O–H groups in total. The van der Waals surface area contributed by atoms with Crippen molar-refractivity contribution in [3.63, 3.8) is 0 Å². The van der Waals surface area contributed by atoms with Crippen LogP contribution in [-0.4, -0.2) is 42.4 Å². The normalized spacial score (nSPS) is 19.0. The van der Waals surface area contributed by atoms with Crippen molar-refractivity contribution in [1.29, 1.82) is 0 Å². The number of nitrogens with two attached hydrogens (primary N) is 1. The largest absolute Gasteiger partial charge is 0.416 e. The van der Waals surface area contributed by atoms with Crippen LogP contribution in [0, 0.1) is 0 Å². The molecule has 4 rings (SSSR count). The third kappa shape index (κ3) is 4.72. The Morgan fingerprint density at radius 2 is 1.75 bits per heavy atom. The molecule has 1 unspecified atom stereocenters. The van der Waals surface area contributed by atoms with Gasteiger partial charge in [0.15, 0.2) is 0 Å². The number of nitrogens with zero attached hydrogens (tertiary/aromatic N) is 2. The fraction of sp³-hybridized carbons (Fsp3) is 0.391. The lowest BCUT2D eigenvalue weighted by atomic mass is 9.93. The molecule has 0 bridgehead atoms. The Kier molecular flexibility index (Phi) is 6.10. The Morgan fingerprint density at radius 3 is 2.41 bits per heavy atom. The zero-order valence-electron chi connectivity index (χ0n) is 17.5. The van der Waals surface area contributed by atoms with E-state index in [0.29, 0.717) is 18.7 Å². The molecule has 6 nitrogen and oxygen atoms in total. The van der Waals surface area contributed by atoms with E-state index in [0.717, 1.165) is 49.2 Å². The summed E-state index contributed by atoms with van der Waals surface area (Å²) < 4.78 is 39.8. The molecule has 1 atom stereocenters. The molecule has 2 amide bonds. The van der Waals surface area contributed by atoms with E-state index >= 15 is 0 Å². The van der Waals surface area contributed by atoms with Crippen molar-refractivity contribution >= 4 is 23.2 Å². The molecule has 0 saturated carbocycles. The molecule has 2 aliphatic heterocycles. The van der Waals surface area contributed by atoms with Gasteiger partial charge in [0.2, 0.25) is 11.8 Å². The van der Waals surface area contributed by atoms with E-state index in [1.54, 1.807) is 4.90 Å². The maximum Gasteiger partial charge on any atom is 0.416 e. The van der Waals surface area contributed by atoms with Gasteiger partial charge in [-0.25, -0.2) is 0 Å². The summed E-state index contributed by atoms with van der Waals surface area (Å²) >= 11 is 0. The van der Waals surface area contributed by atoms with Crippen molar-refractivity contribution in [1.82, 2.24) is 4.90 Å². The van der Waals surface area contributed by atoms with Gasteiger partial charge in [0.1, 0.15) is 0 Å². The number of carbonyl (C=O) groups is 2. The molecule has 32 heavy (non-hydrogen) atoms. The second kappa shape index (κ2) is 8.82. The maximum absolute atomic E-state index is 13.3. The number of alkyl halides is 3. The van der Waals surface area contributed by atoms with Crippen molar-refractivity contribution in [3.8, 4) is 0 Å². The van der Waals surface area contributed by atoms with Gasteiger partial charge >= 0.3 is 6.18 Å². The number of halogens is 3. The molecular weight excluding hydrogens is 421 g/mol. The van der Waals surface area contributed by atoms with Crippen LogP contribution >= 0.6 is 0 Å². The minimum absolute atomic E-state index is 0.125. The fourth-order valence-corrected chi connectivity index (χ4v) is 4.44. The predicted octanol–water partition coefficient (Wildman–Crippen LogP) is 3.16. The zero-order chi connectivity index (χ0) is 22.9. The molecule has 0 aliphatic carbocycles. The monoisotopic (exact) mass is 446 g/mol. The molecule has 2 aromatic carbocycles. The van der Waals surface area contributed by atoms with Crippen molar-refractivity contribution in [2.24, 2.45) is 5.73 Å². The van der Waals surface area contributed by atoms with Gasteiger partial charge in [0, 0.05) is 19.6 Å². The van der Waals surface area contributed by atoms with Crippen molar-refractivity contribution in [2.45, 2.75) is 38.0 Å². The molecule has 0 aromatic heterocycles. The lowest BCUT2D eigenvalue weighted by molar-refractivity contribution is -0.137. The minimum Gasteiger partial charge on any atom is -0.370 e. The van der Waals surface area contributed by atoms with Crippen LogP contribution in [0.1, 0.15) is 29.5 Å². The van der Waals surface area contributed by atoms with Gasteiger partial charge in [-0.2, -0.15) is 13.2 Å². The third-order valence-corrected chi connectivity index (χ3v) is 6.07. The molecule has 1 fully saturated rings. The highest BCUT2D eigenvalue weighted by Gasteiger charge is 2.33. The molecular formula is C23H25F3N4O2. The molecule has 9 heteroatoms. The Bertz CT molecular complexity index is 1020. The average Bonchev–Trinajstić information content (AvgIpc) is 3.27. The van der Waals surface area contributed by atoms with E-state index in [-0.39, 0.29) is 12.2 Å². The van der Waals surface area contributed by atoms with Gasteiger partial charge in [0.05, 0.1) is 29.5 Å². The second-order valence-electron chi connectivity index (χ2n) is 8.27. The first-order valence-electron chi connectivity index (χ1n) is 10.6. The standard InChI is InChI=1S/C23H25F3N4O2/c24-23(25,26)17-7-8-19(29-9-3-4-10-29)18(12-17)28-21(31)14-30-13-16-6-2-1-5-15(16)11-20(30)22(27)32/h1-2,5-8,12,20H,3-4,9-11,13-14H2,(H2,27,32)(H,28,31). The van der Waals surface area contributed by atoms with Crippen LogP contribution in [0.4, 0.5) is 24.5 Å². The van der Waals surface area contributed by atoms with Gasteiger partial charge in [-0.15, -0.1) is 0 Å². The van der Waals surface area contributed by atoms with Gasteiger partial charge in [-0.1, -0.05) is 24.3 Å². The van der Waals surface area contributed by atoms with Crippen LogP contribution in [0.5, 0.6) is 0 Å². The fourth-order valence-electron chi connectivity index (χ4n) is 4.44.